The van der Waals surface area contributed by atoms with Crippen LogP contribution in [0.5, 0.6) is 11.5 Å². The van der Waals surface area contributed by atoms with Crippen LogP contribution in [0.2, 0.25) is 0 Å². The van der Waals surface area contributed by atoms with Crippen LogP contribution in [0.3, 0.4) is 0 Å². The van der Waals surface area contributed by atoms with Crippen molar-refractivity contribution in [2.75, 3.05) is 36.4 Å². The summed E-state index contributed by atoms with van der Waals surface area (Å²) in [5.41, 5.74) is 3.33. The molecule has 0 radical (unpaired) electrons. The van der Waals surface area contributed by atoms with Gasteiger partial charge in [0.2, 0.25) is 5.95 Å². The van der Waals surface area contributed by atoms with Crippen LogP contribution in [-0.4, -0.2) is 46.1 Å². The zero-order chi connectivity index (χ0) is 21.0. The molecule has 1 fully saturated rings. The summed E-state index contributed by atoms with van der Waals surface area (Å²) in [6, 6.07) is 15.7. The predicted octanol–water partition coefficient (Wildman–Crippen LogP) is 3.67. The minimum atomic E-state index is 0.653. The summed E-state index contributed by atoms with van der Waals surface area (Å²) in [5.74, 6) is 2.98. The smallest absolute Gasteiger partial charge is 0.226 e. The van der Waals surface area contributed by atoms with Gasteiger partial charge >= 0.3 is 0 Å². The zero-order valence-corrected chi connectivity index (χ0v) is 17.2. The molecule has 8 heteroatoms. The highest BCUT2D eigenvalue weighted by Crippen LogP contribution is 2.29. The molecule has 0 amide bonds. The number of benzene rings is 2. The molecule has 4 aromatic rings. The number of nitrogens with zero attached hydrogens (tertiary/aromatic N) is 5. The topological polar surface area (TPSA) is 88.1 Å². The molecule has 0 aliphatic carbocycles. The Morgan fingerprint density at radius 2 is 1.84 bits per heavy atom. The van der Waals surface area contributed by atoms with Crippen LogP contribution >= 0.6 is 0 Å². The molecule has 156 valence electrons. The molecular formula is C23H23N7O. The van der Waals surface area contributed by atoms with Gasteiger partial charge in [-0.2, -0.15) is 0 Å². The Balaban J connectivity index is 1.41. The highest BCUT2D eigenvalue weighted by Gasteiger charge is 2.15. The van der Waals surface area contributed by atoms with Crippen LogP contribution in [-0.2, 0) is 0 Å². The van der Waals surface area contributed by atoms with Gasteiger partial charge in [0.15, 0.2) is 5.82 Å². The number of piperazine rings is 1. The second-order valence-corrected chi connectivity index (χ2v) is 7.38. The molecule has 2 aromatic carbocycles. The zero-order valence-electron chi connectivity index (χ0n) is 17.2. The van der Waals surface area contributed by atoms with Crippen molar-refractivity contribution in [2.24, 2.45) is 0 Å². The van der Waals surface area contributed by atoms with Crippen molar-refractivity contribution in [3.8, 4) is 11.5 Å². The van der Waals surface area contributed by atoms with Gasteiger partial charge in [-0.25, -0.2) is 19.9 Å². The van der Waals surface area contributed by atoms with E-state index in [1.165, 1.54) is 6.33 Å². The Kier molecular flexibility index (Phi) is 5.28. The number of fused-ring (bicyclic) bond motifs is 1. The predicted molar refractivity (Wildman–Crippen MR) is 121 cm³/mol. The molecule has 1 aliphatic rings. The highest BCUT2D eigenvalue weighted by atomic mass is 16.5. The van der Waals surface area contributed by atoms with E-state index in [1.54, 1.807) is 6.20 Å². The van der Waals surface area contributed by atoms with E-state index in [4.69, 9.17) is 9.72 Å². The lowest BCUT2D eigenvalue weighted by Crippen LogP contribution is -2.44. The molecule has 3 heterocycles. The summed E-state index contributed by atoms with van der Waals surface area (Å²) in [7, 11) is 0. The van der Waals surface area contributed by atoms with E-state index < -0.39 is 0 Å². The Labute approximate surface area is 180 Å². The van der Waals surface area contributed by atoms with Gasteiger partial charge in [-0.05, 0) is 42.8 Å². The maximum absolute atomic E-state index is 5.98. The average Bonchev–Trinajstić information content (AvgIpc) is 2.82. The number of hydrogen-bond donors (Lipinski definition) is 2. The number of ether oxygens (including phenoxy) is 1. The number of para-hydroxylation sites is 1. The molecule has 0 atom stereocenters. The molecule has 0 spiro atoms. The summed E-state index contributed by atoms with van der Waals surface area (Å²) in [4.78, 5) is 20.2. The van der Waals surface area contributed by atoms with Crippen LogP contribution in [0.4, 0.5) is 17.5 Å². The fraction of sp³-hybridized carbons (Fsp3) is 0.217. The van der Waals surface area contributed by atoms with Crippen molar-refractivity contribution < 1.29 is 4.74 Å². The van der Waals surface area contributed by atoms with Crippen molar-refractivity contribution >= 4 is 28.5 Å². The van der Waals surface area contributed by atoms with Gasteiger partial charge in [0, 0.05) is 31.9 Å². The molecule has 5 rings (SSSR count). The van der Waals surface area contributed by atoms with E-state index in [1.807, 2.05) is 55.5 Å². The Hall–Kier alpha value is -3.78. The third-order valence-corrected chi connectivity index (χ3v) is 5.17. The maximum Gasteiger partial charge on any atom is 0.226 e. The van der Waals surface area contributed by atoms with Gasteiger partial charge in [0.25, 0.3) is 0 Å². The van der Waals surface area contributed by atoms with Gasteiger partial charge < -0.3 is 20.3 Å². The largest absolute Gasteiger partial charge is 0.457 e. The highest BCUT2D eigenvalue weighted by molar-refractivity contribution is 5.87. The first-order valence-electron chi connectivity index (χ1n) is 10.3. The first-order chi connectivity index (χ1) is 15.3. The van der Waals surface area contributed by atoms with Gasteiger partial charge in [-0.15, -0.1) is 0 Å². The van der Waals surface area contributed by atoms with Crippen molar-refractivity contribution in [1.82, 2.24) is 25.3 Å². The molecule has 2 aromatic heterocycles. The minimum Gasteiger partial charge on any atom is -0.457 e. The van der Waals surface area contributed by atoms with Gasteiger partial charge in [-0.3, -0.25) is 0 Å². The third-order valence-electron chi connectivity index (χ3n) is 5.17. The van der Waals surface area contributed by atoms with E-state index in [0.717, 1.165) is 48.9 Å². The molecular weight excluding hydrogens is 390 g/mol. The third kappa shape index (κ3) is 4.24. The van der Waals surface area contributed by atoms with Crippen molar-refractivity contribution in [3.05, 3.63) is 66.6 Å². The summed E-state index contributed by atoms with van der Waals surface area (Å²) in [6.07, 6.45) is 3.28. The normalized spacial score (nSPS) is 13.9. The molecule has 0 unspecified atom stereocenters. The molecule has 0 bridgehead atoms. The molecule has 1 saturated heterocycles. The SMILES string of the molecule is Cc1cc(Nc2ncnc3cnc(N4CCNCC4)nc23)ccc1Oc1ccccc1. The molecule has 2 N–H and O–H groups in total. The molecule has 31 heavy (non-hydrogen) atoms. The quantitative estimate of drug-likeness (QED) is 0.512. The molecule has 0 saturated carbocycles. The second kappa shape index (κ2) is 8.53. The second-order valence-electron chi connectivity index (χ2n) is 7.38. The lowest BCUT2D eigenvalue weighted by molar-refractivity contribution is 0.479. The summed E-state index contributed by atoms with van der Waals surface area (Å²) in [6.45, 7) is 5.63. The fourth-order valence-corrected chi connectivity index (χ4v) is 3.55. The van der Waals surface area contributed by atoms with E-state index in [9.17, 15) is 0 Å². The van der Waals surface area contributed by atoms with E-state index in [-0.39, 0.29) is 0 Å². The van der Waals surface area contributed by atoms with Gasteiger partial charge in [0.1, 0.15) is 28.9 Å². The summed E-state index contributed by atoms with van der Waals surface area (Å²) in [5, 5.41) is 6.73. The number of anilines is 3. The van der Waals surface area contributed by atoms with E-state index in [2.05, 4.69) is 30.5 Å². The monoisotopic (exact) mass is 413 g/mol. The average molecular weight is 413 g/mol. The van der Waals surface area contributed by atoms with Crippen molar-refractivity contribution in [3.63, 3.8) is 0 Å². The number of aryl methyl sites for hydroxylation is 1. The number of hydrogen-bond acceptors (Lipinski definition) is 8. The fourth-order valence-electron chi connectivity index (χ4n) is 3.55. The van der Waals surface area contributed by atoms with E-state index in [0.29, 0.717) is 22.8 Å². The van der Waals surface area contributed by atoms with Crippen molar-refractivity contribution in [2.45, 2.75) is 6.92 Å². The Bertz CT molecular complexity index is 1190. The van der Waals surface area contributed by atoms with Crippen LogP contribution in [0, 0.1) is 6.92 Å². The van der Waals surface area contributed by atoms with Crippen molar-refractivity contribution in [1.29, 1.82) is 0 Å². The minimum absolute atomic E-state index is 0.653. The molecule has 1 aliphatic heterocycles. The van der Waals surface area contributed by atoms with Crippen LogP contribution in [0.15, 0.2) is 61.1 Å². The Morgan fingerprint density at radius 3 is 2.65 bits per heavy atom. The van der Waals surface area contributed by atoms with Crippen LogP contribution in [0.1, 0.15) is 5.56 Å². The van der Waals surface area contributed by atoms with Crippen LogP contribution in [0.25, 0.3) is 11.0 Å². The Morgan fingerprint density at radius 1 is 1.00 bits per heavy atom. The summed E-state index contributed by atoms with van der Waals surface area (Å²) < 4.78 is 5.98. The lowest BCUT2D eigenvalue weighted by atomic mass is 10.2. The lowest BCUT2D eigenvalue weighted by Gasteiger charge is -2.27. The first-order valence-corrected chi connectivity index (χ1v) is 10.3. The van der Waals surface area contributed by atoms with E-state index >= 15 is 0 Å². The maximum atomic E-state index is 5.98. The van der Waals surface area contributed by atoms with Gasteiger partial charge in [0.05, 0.1) is 6.20 Å². The number of nitrogens with one attached hydrogen (secondary N) is 2. The number of rotatable bonds is 5. The molecule has 8 nitrogen and oxygen atoms in total. The van der Waals surface area contributed by atoms with Crippen LogP contribution < -0.4 is 20.3 Å². The first kappa shape index (κ1) is 19.2. The standard InChI is InChI=1S/C23H23N7O/c1-16-13-17(7-8-20(16)31-18-5-3-2-4-6-18)28-22-21-19(26-15-27-22)14-25-23(29-21)30-11-9-24-10-12-30/h2-8,13-15,24H,9-12H2,1H3,(H,26,27,28). The summed E-state index contributed by atoms with van der Waals surface area (Å²) >= 11 is 0. The number of aromatic nitrogens is 4. The van der Waals surface area contributed by atoms with Gasteiger partial charge in [-0.1, -0.05) is 18.2 Å².